The summed E-state index contributed by atoms with van der Waals surface area (Å²) in [6, 6.07) is 7.04. The van der Waals surface area contributed by atoms with Crippen LogP contribution >= 0.6 is 15.9 Å². The third-order valence-corrected chi connectivity index (χ3v) is 5.57. The van der Waals surface area contributed by atoms with Gasteiger partial charge in [-0.05, 0) is 59.3 Å². The molecule has 3 heteroatoms. The van der Waals surface area contributed by atoms with E-state index >= 15 is 0 Å². The molecule has 2 atom stereocenters. The van der Waals surface area contributed by atoms with Crippen molar-refractivity contribution in [3.63, 3.8) is 0 Å². The van der Waals surface area contributed by atoms with Gasteiger partial charge in [0.25, 0.3) is 0 Å². The van der Waals surface area contributed by atoms with Crippen LogP contribution < -0.4 is 5.73 Å². The van der Waals surface area contributed by atoms with Gasteiger partial charge in [0.1, 0.15) is 0 Å². The summed E-state index contributed by atoms with van der Waals surface area (Å²) in [6.45, 7) is 2.31. The number of benzene rings is 1. The van der Waals surface area contributed by atoms with E-state index in [1.807, 2.05) is 6.07 Å². The Kier molecular flexibility index (Phi) is 3.62. The van der Waals surface area contributed by atoms with Gasteiger partial charge in [0.15, 0.2) is 0 Å². The van der Waals surface area contributed by atoms with E-state index < -0.39 is 0 Å². The SMILES string of the molecule is Nc1cccc(CN2CCC3CCCCC32)c1Br. The fourth-order valence-corrected chi connectivity index (χ4v) is 4.03. The highest BCUT2D eigenvalue weighted by Crippen LogP contribution is 2.37. The lowest BCUT2D eigenvalue weighted by Gasteiger charge is -2.32. The van der Waals surface area contributed by atoms with E-state index in [1.54, 1.807) is 0 Å². The minimum absolute atomic E-state index is 0.826. The summed E-state index contributed by atoms with van der Waals surface area (Å²) in [5.41, 5.74) is 8.15. The lowest BCUT2D eigenvalue weighted by molar-refractivity contribution is 0.175. The van der Waals surface area contributed by atoms with E-state index in [0.29, 0.717) is 0 Å². The van der Waals surface area contributed by atoms with E-state index in [0.717, 1.165) is 28.7 Å². The minimum atomic E-state index is 0.826. The first-order valence-electron chi connectivity index (χ1n) is 7.02. The largest absolute Gasteiger partial charge is 0.398 e. The van der Waals surface area contributed by atoms with Crippen LogP contribution in [-0.4, -0.2) is 17.5 Å². The molecular weight excluding hydrogens is 288 g/mol. The molecule has 0 aromatic heterocycles. The molecule has 0 spiro atoms. The van der Waals surface area contributed by atoms with Gasteiger partial charge in [0.05, 0.1) is 0 Å². The second-order valence-corrected chi connectivity index (χ2v) is 6.48. The number of nitrogen functional groups attached to an aromatic ring is 1. The monoisotopic (exact) mass is 308 g/mol. The van der Waals surface area contributed by atoms with Crippen LogP contribution in [0.5, 0.6) is 0 Å². The maximum Gasteiger partial charge on any atom is 0.0461 e. The fourth-order valence-electron chi connectivity index (χ4n) is 3.64. The van der Waals surface area contributed by atoms with Crippen molar-refractivity contribution < 1.29 is 0 Å². The second-order valence-electron chi connectivity index (χ2n) is 5.69. The first-order chi connectivity index (χ1) is 8.75. The van der Waals surface area contributed by atoms with Gasteiger partial charge in [-0.15, -0.1) is 0 Å². The molecule has 18 heavy (non-hydrogen) atoms. The highest BCUT2D eigenvalue weighted by Gasteiger charge is 2.35. The molecule has 0 radical (unpaired) electrons. The molecule has 2 aliphatic rings. The first kappa shape index (κ1) is 12.5. The van der Waals surface area contributed by atoms with Gasteiger partial charge in [-0.25, -0.2) is 0 Å². The van der Waals surface area contributed by atoms with Crippen LogP contribution in [-0.2, 0) is 6.54 Å². The van der Waals surface area contributed by atoms with E-state index in [1.165, 1.54) is 44.2 Å². The number of likely N-dealkylation sites (tertiary alicyclic amines) is 1. The van der Waals surface area contributed by atoms with Crippen molar-refractivity contribution >= 4 is 21.6 Å². The molecule has 1 heterocycles. The zero-order chi connectivity index (χ0) is 12.5. The zero-order valence-electron chi connectivity index (χ0n) is 10.7. The quantitative estimate of drug-likeness (QED) is 0.842. The standard InChI is InChI=1S/C15H21BrN2/c16-15-12(5-3-6-13(15)17)10-18-9-8-11-4-1-2-7-14(11)18/h3,5-6,11,14H,1-2,4,7-10,17H2. The minimum Gasteiger partial charge on any atom is -0.398 e. The number of nitrogens with zero attached hydrogens (tertiary/aromatic N) is 1. The molecule has 2 unspecified atom stereocenters. The molecule has 2 fully saturated rings. The highest BCUT2D eigenvalue weighted by atomic mass is 79.9. The molecule has 1 saturated carbocycles. The Balaban J connectivity index is 1.74. The first-order valence-corrected chi connectivity index (χ1v) is 7.82. The van der Waals surface area contributed by atoms with Crippen molar-refractivity contribution in [1.29, 1.82) is 0 Å². The summed E-state index contributed by atoms with van der Waals surface area (Å²) in [7, 11) is 0. The predicted molar refractivity (Wildman–Crippen MR) is 79.3 cm³/mol. The Morgan fingerprint density at radius 3 is 2.94 bits per heavy atom. The smallest absolute Gasteiger partial charge is 0.0461 e. The van der Waals surface area contributed by atoms with Crippen LogP contribution in [0.25, 0.3) is 0 Å². The average Bonchev–Trinajstić information content (AvgIpc) is 2.79. The van der Waals surface area contributed by atoms with Crippen molar-refractivity contribution in [3.05, 3.63) is 28.2 Å². The van der Waals surface area contributed by atoms with Gasteiger partial charge in [0.2, 0.25) is 0 Å². The van der Waals surface area contributed by atoms with Gasteiger partial charge in [-0.1, -0.05) is 25.0 Å². The molecule has 3 rings (SSSR count). The zero-order valence-corrected chi connectivity index (χ0v) is 12.3. The van der Waals surface area contributed by atoms with Crippen molar-refractivity contribution in [1.82, 2.24) is 4.90 Å². The van der Waals surface area contributed by atoms with Gasteiger partial charge in [-0.2, -0.15) is 0 Å². The third kappa shape index (κ3) is 2.30. The topological polar surface area (TPSA) is 29.3 Å². The Morgan fingerprint density at radius 1 is 1.22 bits per heavy atom. The summed E-state index contributed by atoms with van der Waals surface area (Å²) in [4.78, 5) is 2.67. The summed E-state index contributed by atoms with van der Waals surface area (Å²) in [5, 5.41) is 0. The summed E-state index contributed by atoms with van der Waals surface area (Å²) >= 11 is 3.62. The molecule has 2 nitrogen and oxygen atoms in total. The Hall–Kier alpha value is -0.540. The number of halogens is 1. The van der Waals surface area contributed by atoms with E-state index in [2.05, 4.69) is 33.0 Å². The third-order valence-electron chi connectivity index (χ3n) is 4.61. The number of rotatable bonds is 2. The van der Waals surface area contributed by atoms with E-state index in [-0.39, 0.29) is 0 Å². The van der Waals surface area contributed by atoms with Crippen LogP contribution in [0, 0.1) is 5.92 Å². The van der Waals surface area contributed by atoms with E-state index in [4.69, 9.17) is 5.73 Å². The Bertz CT molecular complexity index is 433. The van der Waals surface area contributed by atoms with Crippen LogP contribution in [0.4, 0.5) is 5.69 Å². The van der Waals surface area contributed by atoms with Crippen molar-refractivity contribution in [2.45, 2.75) is 44.7 Å². The van der Waals surface area contributed by atoms with Gasteiger partial charge < -0.3 is 5.73 Å². The summed E-state index contributed by atoms with van der Waals surface area (Å²) in [6.07, 6.45) is 7.08. The van der Waals surface area contributed by atoms with Crippen molar-refractivity contribution in [3.8, 4) is 0 Å². The van der Waals surface area contributed by atoms with E-state index in [9.17, 15) is 0 Å². The molecule has 0 bridgehead atoms. The molecule has 1 aliphatic carbocycles. The number of nitrogens with two attached hydrogens (primary N) is 1. The van der Waals surface area contributed by atoms with Crippen molar-refractivity contribution in [2.75, 3.05) is 12.3 Å². The number of fused-ring (bicyclic) bond motifs is 1. The maximum atomic E-state index is 5.96. The molecule has 1 saturated heterocycles. The summed E-state index contributed by atoms with van der Waals surface area (Å²) in [5.74, 6) is 0.957. The fraction of sp³-hybridized carbons (Fsp3) is 0.600. The number of anilines is 1. The lowest BCUT2D eigenvalue weighted by Crippen LogP contribution is -2.34. The molecule has 1 aromatic rings. The van der Waals surface area contributed by atoms with Crippen LogP contribution in [0.1, 0.15) is 37.7 Å². The number of hydrogen-bond donors (Lipinski definition) is 1. The van der Waals surface area contributed by atoms with Gasteiger partial charge in [0, 0.05) is 22.7 Å². The molecule has 1 aliphatic heterocycles. The van der Waals surface area contributed by atoms with Crippen molar-refractivity contribution in [2.24, 2.45) is 5.92 Å². The van der Waals surface area contributed by atoms with Crippen LogP contribution in [0.3, 0.4) is 0 Å². The number of hydrogen-bond acceptors (Lipinski definition) is 2. The molecular formula is C15H21BrN2. The maximum absolute atomic E-state index is 5.96. The Morgan fingerprint density at radius 2 is 2.06 bits per heavy atom. The van der Waals surface area contributed by atoms with Crippen LogP contribution in [0.15, 0.2) is 22.7 Å². The lowest BCUT2D eigenvalue weighted by atomic mass is 9.85. The highest BCUT2D eigenvalue weighted by molar-refractivity contribution is 9.10. The molecule has 0 amide bonds. The average molecular weight is 309 g/mol. The molecule has 2 N–H and O–H groups in total. The Labute approximate surface area is 118 Å². The second kappa shape index (κ2) is 5.22. The van der Waals surface area contributed by atoms with Gasteiger partial charge >= 0.3 is 0 Å². The van der Waals surface area contributed by atoms with Crippen LogP contribution in [0.2, 0.25) is 0 Å². The predicted octanol–water partition coefficient (Wildman–Crippen LogP) is 3.80. The van der Waals surface area contributed by atoms with Gasteiger partial charge in [-0.3, -0.25) is 4.90 Å². The molecule has 1 aromatic carbocycles. The molecule has 98 valence electrons. The normalized spacial score (nSPS) is 28.3. The summed E-state index contributed by atoms with van der Waals surface area (Å²) < 4.78 is 1.09.